The van der Waals surface area contributed by atoms with Gasteiger partial charge in [-0.25, -0.2) is 0 Å². The smallest absolute Gasteiger partial charge is 0.279 e. The monoisotopic (exact) mass is 352 g/mol. The first-order valence-electron chi connectivity index (χ1n) is 6.82. The zero-order valence-electron chi connectivity index (χ0n) is 13.4. The number of thioether (sulfide) groups is 2. The first-order valence-corrected chi connectivity index (χ1v) is 8.45. The fourth-order valence-electron chi connectivity index (χ4n) is 2.49. The van der Waals surface area contributed by atoms with Crippen molar-refractivity contribution in [1.29, 1.82) is 0 Å². The van der Waals surface area contributed by atoms with Gasteiger partial charge in [0.1, 0.15) is 17.1 Å². The van der Waals surface area contributed by atoms with Gasteiger partial charge in [-0.05, 0) is 18.6 Å². The van der Waals surface area contributed by atoms with Crippen LogP contribution >= 0.6 is 23.5 Å². The maximum Gasteiger partial charge on any atom is 0.279 e. The van der Waals surface area contributed by atoms with Gasteiger partial charge in [-0.2, -0.15) is 0 Å². The Balaban J connectivity index is 2.14. The summed E-state index contributed by atoms with van der Waals surface area (Å²) in [5.74, 6) is 0.865. The molecule has 0 aliphatic carbocycles. The minimum absolute atomic E-state index is 0.197. The molecule has 0 atom stereocenters. The van der Waals surface area contributed by atoms with Crippen LogP contribution in [0.25, 0.3) is 0 Å². The fraction of sp³-hybridized carbons (Fsp3) is 0.333. The number of ether oxygens (including phenoxy) is 2. The SMILES string of the molecule is COc1cc(C)c(OC)c2c1SC(=C1C(=O)N(C)N(C)C1=O)S2. The number of hydrogen-bond donors (Lipinski definition) is 0. The van der Waals surface area contributed by atoms with Crippen LogP contribution in [-0.4, -0.2) is 50.1 Å². The predicted molar refractivity (Wildman–Crippen MR) is 88.6 cm³/mol. The average molecular weight is 352 g/mol. The van der Waals surface area contributed by atoms with Gasteiger partial charge in [-0.1, -0.05) is 23.5 Å². The molecule has 2 amide bonds. The number of hydrazine groups is 1. The molecule has 0 spiro atoms. The average Bonchev–Trinajstić information content (AvgIpc) is 3.03. The number of aryl methyl sites for hydroxylation is 1. The van der Waals surface area contributed by atoms with Crippen molar-refractivity contribution in [3.63, 3.8) is 0 Å². The van der Waals surface area contributed by atoms with Gasteiger partial charge >= 0.3 is 0 Å². The number of methoxy groups -OCH3 is 2. The molecule has 2 aliphatic rings. The molecule has 0 aromatic heterocycles. The summed E-state index contributed by atoms with van der Waals surface area (Å²) in [7, 11) is 6.37. The summed E-state index contributed by atoms with van der Waals surface area (Å²) < 4.78 is 11.6. The van der Waals surface area contributed by atoms with Gasteiger partial charge in [0, 0.05) is 14.1 Å². The molecular weight excluding hydrogens is 336 g/mol. The van der Waals surface area contributed by atoms with E-state index in [4.69, 9.17) is 9.47 Å². The summed E-state index contributed by atoms with van der Waals surface area (Å²) in [6.07, 6.45) is 0. The molecule has 0 bridgehead atoms. The summed E-state index contributed by atoms with van der Waals surface area (Å²) in [4.78, 5) is 26.5. The molecule has 1 aromatic rings. The molecule has 2 aliphatic heterocycles. The molecule has 2 heterocycles. The highest BCUT2D eigenvalue weighted by atomic mass is 32.2. The van der Waals surface area contributed by atoms with Crippen molar-refractivity contribution in [1.82, 2.24) is 10.0 Å². The van der Waals surface area contributed by atoms with Gasteiger partial charge in [-0.3, -0.25) is 19.6 Å². The van der Waals surface area contributed by atoms with Crippen molar-refractivity contribution in [3.8, 4) is 11.5 Å². The normalized spacial score (nSPS) is 17.3. The maximum absolute atomic E-state index is 12.4. The van der Waals surface area contributed by atoms with E-state index < -0.39 is 0 Å². The molecule has 8 heteroatoms. The Labute approximate surface area is 142 Å². The predicted octanol–water partition coefficient (Wildman–Crippen LogP) is 2.27. The van der Waals surface area contributed by atoms with E-state index in [0.717, 1.165) is 21.1 Å². The number of carbonyl (C=O) groups is 2. The van der Waals surface area contributed by atoms with Crippen molar-refractivity contribution < 1.29 is 19.1 Å². The van der Waals surface area contributed by atoms with Crippen LogP contribution in [0.15, 0.2) is 25.7 Å². The van der Waals surface area contributed by atoms with E-state index in [0.29, 0.717) is 9.99 Å². The second-order valence-electron chi connectivity index (χ2n) is 5.11. The second kappa shape index (κ2) is 5.68. The highest BCUT2D eigenvalue weighted by Gasteiger charge is 2.41. The van der Waals surface area contributed by atoms with Crippen molar-refractivity contribution in [2.75, 3.05) is 28.3 Å². The molecule has 1 fully saturated rings. The van der Waals surface area contributed by atoms with E-state index >= 15 is 0 Å². The molecule has 6 nitrogen and oxygen atoms in total. The van der Waals surface area contributed by atoms with Crippen molar-refractivity contribution in [3.05, 3.63) is 21.4 Å². The van der Waals surface area contributed by atoms with Crippen LogP contribution in [0, 0.1) is 6.92 Å². The topological polar surface area (TPSA) is 59.1 Å². The van der Waals surface area contributed by atoms with Gasteiger partial charge in [0.05, 0.1) is 28.2 Å². The van der Waals surface area contributed by atoms with Crippen LogP contribution in [0.4, 0.5) is 0 Å². The Morgan fingerprint density at radius 2 is 1.52 bits per heavy atom. The number of carbonyl (C=O) groups excluding carboxylic acids is 2. The molecular formula is C15H16N2O4S2. The lowest BCUT2D eigenvalue weighted by atomic mass is 10.2. The zero-order chi connectivity index (χ0) is 16.9. The molecule has 0 N–H and O–H groups in total. The van der Waals surface area contributed by atoms with E-state index in [-0.39, 0.29) is 17.4 Å². The van der Waals surface area contributed by atoms with E-state index in [1.165, 1.54) is 33.5 Å². The Morgan fingerprint density at radius 1 is 0.957 bits per heavy atom. The van der Waals surface area contributed by atoms with E-state index in [2.05, 4.69) is 0 Å². The summed E-state index contributed by atoms with van der Waals surface area (Å²) in [6.45, 7) is 1.94. The Morgan fingerprint density at radius 3 is 2.04 bits per heavy atom. The first-order chi connectivity index (χ1) is 10.9. The summed E-state index contributed by atoms with van der Waals surface area (Å²) in [6, 6.07) is 1.90. The lowest BCUT2D eigenvalue weighted by Gasteiger charge is -2.16. The zero-order valence-corrected chi connectivity index (χ0v) is 15.1. The number of fused-ring (bicyclic) bond motifs is 1. The molecule has 1 saturated heterocycles. The quantitative estimate of drug-likeness (QED) is 0.601. The molecule has 0 unspecified atom stereocenters. The highest BCUT2D eigenvalue weighted by molar-refractivity contribution is 8.25. The molecule has 122 valence electrons. The van der Waals surface area contributed by atoms with Crippen molar-refractivity contribution in [2.24, 2.45) is 0 Å². The lowest BCUT2D eigenvalue weighted by Crippen LogP contribution is -2.33. The van der Waals surface area contributed by atoms with Crippen LogP contribution in [0.5, 0.6) is 11.5 Å². The third-order valence-electron chi connectivity index (χ3n) is 3.83. The number of hydrogen-bond acceptors (Lipinski definition) is 6. The summed E-state index contributed by atoms with van der Waals surface area (Å²) >= 11 is 2.76. The Bertz CT molecular complexity index is 738. The molecule has 23 heavy (non-hydrogen) atoms. The third kappa shape index (κ3) is 2.28. The lowest BCUT2D eigenvalue weighted by molar-refractivity contribution is -0.141. The Kier molecular flexibility index (Phi) is 3.97. The second-order valence-corrected chi connectivity index (χ2v) is 7.41. The number of likely N-dealkylation sites (N-methyl/N-ethyl adjacent to an activating group) is 2. The number of benzene rings is 1. The third-order valence-corrected chi connectivity index (χ3v) is 6.44. The van der Waals surface area contributed by atoms with Gasteiger partial charge < -0.3 is 9.47 Å². The van der Waals surface area contributed by atoms with Gasteiger partial charge in [0.15, 0.2) is 0 Å². The van der Waals surface area contributed by atoms with Gasteiger partial charge in [0.25, 0.3) is 11.8 Å². The van der Waals surface area contributed by atoms with Crippen LogP contribution < -0.4 is 9.47 Å². The number of amides is 2. The number of rotatable bonds is 2. The van der Waals surface area contributed by atoms with Gasteiger partial charge in [0.2, 0.25) is 0 Å². The van der Waals surface area contributed by atoms with Crippen LogP contribution in [0.3, 0.4) is 0 Å². The van der Waals surface area contributed by atoms with Crippen LogP contribution in [0.1, 0.15) is 5.56 Å². The standard InChI is InChI=1S/C15H16N2O4S2/c1-7-6-8(20-4)11-12(10(7)21-5)23-15(22-11)9-13(18)16(2)17(3)14(9)19/h6H,1-5H3. The number of nitrogens with zero attached hydrogens (tertiary/aromatic N) is 2. The van der Waals surface area contributed by atoms with Crippen LogP contribution in [-0.2, 0) is 9.59 Å². The summed E-state index contributed by atoms with van der Waals surface area (Å²) in [5.41, 5.74) is 1.14. The minimum atomic E-state index is -0.296. The molecule has 1 aromatic carbocycles. The molecule has 0 saturated carbocycles. The Hall–Kier alpha value is -1.80. The highest BCUT2D eigenvalue weighted by Crippen LogP contribution is 2.60. The van der Waals surface area contributed by atoms with E-state index in [1.807, 2.05) is 13.0 Å². The molecule has 0 radical (unpaired) electrons. The first kappa shape index (κ1) is 16.1. The molecule has 3 rings (SSSR count). The minimum Gasteiger partial charge on any atom is -0.496 e. The summed E-state index contributed by atoms with van der Waals surface area (Å²) in [5, 5.41) is 2.63. The van der Waals surface area contributed by atoms with Crippen molar-refractivity contribution >= 4 is 35.3 Å². The van der Waals surface area contributed by atoms with Gasteiger partial charge in [-0.15, -0.1) is 0 Å². The largest absolute Gasteiger partial charge is 0.496 e. The van der Waals surface area contributed by atoms with E-state index in [1.54, 1.807) is 28.3 Å². The van der Waals surface area contributed by atoms with Crippen LogP contribution in [0.2, 0.25) is 0 Å². The van der Waals surface area contributed by atoms with Crippen molar-refractivity contribution in [2.45, 2.75) is 16.7 Å². The van der Waals surface area contributed by atoms with E-state index in [9.17, 15) is 9.59 Å². The maximum atomic E-state index is 12.4. The fourth-order valence-corrected chi connectivity index (χ4v) is 5.29.